The Labute approximate surface area is 92.6 Å². The molecule has 1 aromatic heterocycles. The summed E-state index contributed by atoms with van der Waals surface area (Å²) >= 11 is 3.54. The molecule has 2 heterocycles. The van der Waals surface area contributed by atoms with Gasteiger partial charge in [-0.1, -0.05) is 0 Å². The van der Waals surface area contributed by atoms with E-state index in [9.17, 15) is 0 Å². The van der Waals surface area contributed by atoms with Crippen LogP contribution in [0.1, 0.15) is 5.69 Å². The van der Waals surface area contributed by atoms with Crippen molar-refractivity contribution in [1.29, 1.82) is 0 Å². The maximum absolute atomic E-state index is 4.25. The number of aromatic nitrogens is 1. The summed E-state index contributed by atoms with van der Waals surface area (Å²) in [6.07, 6.45) is 1.88. The van der Waals surface area contributed by atoms with Crippen molar-refractivity contribution >= 4 is 21.6 Å². The molecular weight excluding hydrogens is 242 g/mol. The summed E-state index contributed by atoms with van der Waals surface area (Å²) < 4.78 is 1.09. The number of anilines is 1. The molecule has 1 aliphatic rings. The van der Waals surface area contributed by atoms with Crippen LogP contribution in [0.3, 0.4) is 0 Å². The molecule has 14 heavy (non-hydrogen) atoms. The van der Waals surface area contributed by atoms with Gasteiger partial charge in [-0.15, -0.1) is 0 Å². The highest BCUT2D eigenvalue weighted by Crippen LogP contribution is 2.26. The van der Waals surface area contributed by atoms with Crippen LogP contribution in [0.15, 0.2) is 16.7 Å². The van der Waals surface area contributed by atoms with E-state index in [1.165, 1.54) is 5.69 Å². The lowest BCUT2D eigenvalue weighted by Gasteiger charge is -2.30. The molecule has 1 aromatic rings. The Morgan fingerprint density at radius 1 is 1.43 bits per heavy atom. The van der Waals surface area contributed by atoms with E-state index >= 15 is 0 Å². The smallest absolute Gasteiger partial charge is 0.0592 e. The minimum atomic E-state index is 1.06. The van der Waals surface area contributed by atoms with E-state index < -0.39 is 0 Å². The first kappa shape index (κ1) is 9.93. The Hall–Kier alpha value is -0.610. The minimum absolute atomic E-state index is 1.06. The molecule has 0 atom stereocenters. The number of aryl methyl sites for hydroxylation is 1. The van der Waals surface area contributed by atoms with Crippen LogP contribution in [0, 0.1) is 6.92 Å². The van der Waals surface area contributed by atoms with Gasteiger partial charge in [-0.05, 0) is 28.9 Å². The number of nitrogens with one attached hydrogen (secondary N) is 1. The molecule has 1 aliphatic heterocycles. The first-order chi connectivity index (χ1) is 6.77. The van der Waals surface area contributed by atoms with E-state index in [1.54, 1.807) is 0 Å². The number of rotatable bonds is 1. The molecular formula is C10H14BrN3. The standard InChI is InChI=1S/C10H14BrN3/c1-8-6-10(9(11)7-13-8)14-4-2-12-3-5-14/h6-7,12H,2-5H2,1H3. The largest absolute Gasteiger partial charge is 0.368 e. The van der Waals surface area contributed by atoms with Crippen molar-refractivity contribution in [2.24, 2.45) is 0 Å². The third-order valence-corrected chi connectivity index (χ3v) is 3.04. The summed E-state index contributed by atoms with van der Waals surface area (Å²) in [5.74, 6) is 0. The maximum atomic E-state index is 4.25. The van der Waals surface area contributed by atoms with Crippen LogP contribution in [-0.4, -0.2) is 31.2 Å². The summed E-state index contributed by atoms with van der Waals surface area (Å²) in [6, 6.07) is 2.13. The van der Waals surface area contributed by atoms with Gasteiger partial charge in [0.15, 0.2) is 0 Å². The van der Waals surface area contributed by atoms with Gasteiger partial charge >= 0.3 is 0 Å². The number of hydrogen-bond donors (Lipinski definition) is 1. The van der Waals surface area contributed by atoms with Crippen LogP contribution in [0.2, 0.25) is 0 Å². The second kappa shape index (κ2) is 4.28. The summed E-state index contributed by atoms with van der Waals surface area (Å²) in [4.78, 5) is 6.63. The van der Waals surface area contributed by atoms with Gasteiger partial charge in [0.2, 0.25) is 0 Å². The molecule has 76 valence electrons. The van der Waals surface area contributed by atoms with Crippen molar-refractivity contribution in [2.75, 3.05) is 31.1 Å². The van der Waals surface area contributed by atoms with E-state index in [0.717, 1.165) is 36.3 Å². The molecule has 1 saturated heterocycles. The number of piperazine rings is 1. The van der Waals surface area contributed by atoms with E-state index in [4.69, 9.17) is 0 Å². The van der Waals surface area contributed by atoms with Crippen molar-refractivity contribution < 1.29 is 0 Å². The van der Waals surface area contributed by atoms with Crippen molar-refractivity contribution in [3.05, 3.63) is 22.4 Å². The monoisotopic (exact) mass is 255 g/mol. The Balaban J connectivity index is 2.24. The van der Waals surface area contributed by atoms with Crippen LogP contribution in [-0.2, 0) is 0 Å². The highest BCUT2D eigenvalue weighted by atomic mass is 79.9. The normalized spacial score (nSPS) is 17.1. The Bertz CT molecular complexity index is 321. The zero-order valence-electron chi connectivity index (χ0n) is 8.26. The van der Waals surface area contributed by atoms with Crippen LogP contribution < -0.4 is 10.2 Å². The molecule has 0 spiro atoms. The molecule has 1 fully saturated rings. The van der Waals surface area contributed by atoms with Gasteiger partial charge in [0.05, 0.1) is 10.2 Å². The van der Waals surface area contributed by atoms with Crippen molar-refractivity contribution in [2.45, 2.75) is 6.92 Å². The summed E-state index contributed by atoms with van der Waals surface area (Å²) in [7, 11) is 0. The maximum Gasteiger partial charge on any atom is 0.0592 e. The lowest BCUT2D eigenvalue weighted by molar-refractivity contribution is 0.588. The number of nitrogens with zero attached hydrogens (tertiary/aromatic N) is 2. The van der Waals surface area contributed by atoms with E-state index in [2.05, 4.69) is 37.2 Å². The second-order valence-electron chi connectivity index (χ2n) is 3.51. The summed E-state index contributed by atoms with van der Waals surface area (Å²) in [5.41, 5.74) is 2.33. The predicted octanol–water partition coefficient (Wildman–Crippen LogP) is 1.56. The molecule has 0 amide bonds. The molecule has 0 bridgehead atoms. The lowest BCUT2D eigenvalue weighted by atomic mass is 10.2. The highest BCUT2D eigenvalue weighted by molar-refractivity contribution is 9.10. The fourth-order valence-corrected chi connectivity index (χ4v) is 2.14. The quantitative estimate of drug-likeness (QED) is 0.826. The van der Waals surface area contributed by atoms with Crippen LogP contribution in [0.25, 0.3) is 0 Å². The van der Waals surface area contributed by atoms with Crippen molar-refractivity contribution in [3.63, 3.8) is 0 Å². The summed E-state index contributed by atoms with van der Waals surface area (Å²) in [5, 5.41) is 3.35. The van der Waals surface area contributed by atoms with Crippen molar-refractivity contribution in [1.82, 2.24) is 10.3 Å². The first-order valence-corrected chi connectivity index (χ1v) is 5.64. The van der Waals surface area contributed by atoms with Gasteiger partial charge in [-0.25, -0.2) is 0 Å². The molecule has 4 heteroatoms. The molecule has 0 aliphatic carbocycles. The average molecular weight is 256 g/mol. The molecule has 3 nitrogen and oxygen atoms in total. The molecule has 0 radical (unpaired) electrons. The lowest BCUT2D eigenvalue weighted by Crippen LogP contribution is -2.43. The zero-order valence-corrected chi connectivity index (χ0v) is 9.84. The van der Waals surface area contributed by atoms with Gasteiger partial charge in [-0.3, -0.25) is 4.98 Å². The molecule has 0 unspecified atom stereocenters. The van der Waals surface area contributed by atoms with Gasteiger partial charge in [0.25, 0.3) is 0 Å². The SMILES string of the molecule is Cc1cc(N2CCNCC2)c(Br)cn1. The molecule has 2 rings (SSSR count). The number of hydrogen-bond acceptors (Lipinski definition) is 3. The molecule has 0 saturated carbocycles. The van der Waals surface area contributed by atoms with Crippen LogP contribution in [0.4, 0.5) is 5.69 Å². The fourth-order valence-electron chi connectivity index (χ4n) is 1.68. The Kier molecular flexibility index (Phi) is 3.03. The number of pyridine rings is 1. The topological polar surface area (TPSA) is 28.2 Å². The molecule has 0 aromatic carbocycles. The fraction of sp³-hybridized carbons (Fsp3) is 0.500. The third kappa shape index (κ3) is 2.07. The third-order valence-electron chi connectivity index (χ3n) is 2.43. The second-order valence-corrected chi connectivity index (χ2v) is 4.37. The van der Waals surface area contributed by atoms with Gasteiger partial charge in [0.1, 0.15) is 0 Å². The zero-order chi connectivity index (χ0) is 9.97. The molecule has 1 N–H and O–H groups in total. The Morgan fingerprint density at radius 3 is 2.86 bits per heavy atom. The van der Waals surface area contributed by atoms with Gasteiger partial charge in [-0.2, -0.15) is 0 Å². The van der Waals surface area contributed by atoms with Crippen LogP contribution >= 0.6 is 15.9 Å². The highest BCUT2D eigenvalue weighted by Gasteiger charge is 2.13. The van der Waals surface area contributed by atoms with Crippen molar-refractivity contribution in [3.8, 4) is 0 Å². The van der Waals surface area contributed by atoms with E-state index in [1.807, 2.05) is 13.1 Å². The van der Waals surface area contributed by atoms with Gasteiger partial charge < -0.3 is 10.2 Å². The van der Waals surface area contributed by atoms with Gasteiger partial charge in [0, 0.05) is 38.1 Å². The Morgan fingerprint density at radius 2 is 2.14 bits per heavy atom. The minimum Gasteiger partial charge on any atom is -0.368 e. The van der Waals surface area contributed by atoms with Crippen LogP contribution in [0.5, 0.6) is 0 Å². The number of halogens is 1. The summed E-state index contributed by atoms with van der Waals surface area (Å²) in [6.45, 7) is 6.30. The van der Waals surface area contributed by atoms with E-state index in [0.29, 0.717) is 0 Å². The van der Waals surface area contributed by atoms with E-state index in [-0.39, 0.29) is 0 Å². The predicted molar refractivity (Wildman–Crippen MR) is 61.8 cm³/mol. The average Bonchev–Trinajstić information content (AvgIpc) is 2.23. The first-order valence-electron chi connectivity index (χ1n) is 4.85.